The van der Waals surface area contributed by atoms with Gasteiger partial charge in [-0.15, -0.1) is 0 Å². The van der Waals surface area contributed by atoms with Crippen LogP contribution in [0.3, 0.4) is 0 Å². The summed E-state index contributed by atoms with van der Waals surface area (Å²) in [5.41, 5.74) is 0. The van der Waals surface area contributed by atoms with Gasteiger partial charge in [0.1, 0.15) is 0 Å². The number of hydrogen-bond acceptors (Lipinski definition) is 3. The lowest BCUT2D eigenvalue weighted by molar-refractivity contribution is -0.146. The van der Waals surface area contributed by atoms with Gasteiger partial charge in [-0.2, -0.15) is 0 Å². The van der Waals surface area contributed by atoms with E-state index in [1.807, 2.05) is 0 Å². The van der Waals surface area contributed by atoms with Crippen LogP contribution in [0.15, 0.2) is 0 Å². The Kier molecular flexibility index (Phi) is 3.90. The van der Waals surface area contributed by atoms with E-state index in [-0.39, 0.29) is 12.6 Å². The molecule has 15 heavy (non-hydrogen) atoms. The highest BCUT2D eigenvalue weighted by Crippen LogP contribution is 2.32. The third-order valence-corrected chi connectivity index (χ3v) is 2.50. The Morgan fingerprint density at radius 2 is 2.20 bits per heavy atom. The Morgan fingerprint density at radius 3 is 2.67 bits per heavy atom. The van der Waals surface area contributed by atoms with Gasteiger partial charge in [0.2, 0.25) is 0 Å². The smallest absolute Gasteiger partial charge is 0.334 e. The molecule has 3 atom stereocenters. The van der Waals surface area contributed by atoms with Gasteiger partial charge in [-0.3, -0.25) is 0 Å². The van der Waals surface area contributed by atoms with Crippen LogP contribution in [-0.4, -0.2) is 40.9 Å². The zero-order chi connectivity index (χ0) is 11.4. The Labute approximate surface area is 87.7 Å². The quantitative estimate of drug-likeness (QED) is 0.499. The number of carboxylic acid groups (broad SMARTS) is 1. The number of carboxylic acids is 1. The second-order valence-electron chi connectivity index (χ2n) is 3.72. The molecule has 1 fully saturated rings. The number of aliphatic hydroxyl groups excluding tert-OH is 1. The van der Waals surface area contributed by atoms with Crippen LogP contribution < -0.4 is 10.6 Å². The molecule has 1 aliphatic rings. The van der Waals surface area contributed by atoms with Crippen molar-refractivity contribution in [3.63, 3.8) is 0 Å². The third-order valence-electron chi connectivity index (χ3n) is 2.50. The second kappa shape index (κ2) is 4.97. The van der Waals surface area contributed by atoms with Gasteiger partial charge < -0.3 is 20.8 Å². The standard InChI is InChI=1S/C9H16N2O4/c1-2-5-3-6(5)11-9(15)10-4-7(12)8(13)14/h5-7,12H,2-4H2,1H3,(H,13,14)(H2,10,11,15)/t5?,6?,7-/m0/s1. The van der Waals surface area contributed by atoms with Gasteiger partial charge in [-0.1, -0.05) is 13.3 Å². The number of aliphatic carboxylic acids is 1. The van der Waals surface area contributed by atoms with Crippen molar-refractivity contribution in [1.29, 1.82) is 0 Å². The molecule has 0 heterocycles. The zero-order valence-corrected chi connectivity index (χ0v) is 8.56. The first-order chi connectivity index (χ1) is 7.04. The van der Waals surface area contributed by atoms with Crippen LogP contribution in [0.4, 0.5) is 4.79 Å². The summed E-state index contributed by atoms with van der Waals surface area (Å²) >= 11 is 0. The maximum Gasteiger partial charge on any atom is 0.334 e. The maximum absolute atomic E-state index is 11.2. The van der Waals surface area contributed by atoms with Crippen molar-refractivity contribution in [3.8, 4) is 0 Å². The largest absolute Gasteiger partial charge is 0.479 e. The highest BCUT2D eigenvalue weighted by atomic mass is 16.4. The molecule has 6 nitrogen and oxygen atoms in total. The molecule has 0 radical (unpaired) electrons. The lowest BCUT2D eigenvalue weighted by Crippen LogP contribution is -2.43. The SMILES string of the molecule is CCC1CC1NC(=O)NC[C@H](O)C(=O)O. The molecular weight excluding hydrogens is 200 g/mol. The molecule has 0 aliphatic heterocycles. The minimum Gasteiger partial charge on any atom is -0.479 e. The summed E-state index contributed by atoms with van der Waals surface area (Å²) in [6.45, 7) is 1.78. The van der Waals surface area contributed by atoms with E-state index >= 15 is 0 Å². The van der Waals surface area contributed by atoms with Crippen molar-refractivity contribution in [2.75, 3.05) is 6.54 Å². The predicted octanol–water partition coefficient (Wildman–Crippen LogP) is -0.470. The average Bonchev–Trinajstić information content (AvgIpc) is 2.92. The fourth-order valence-electron chi connectivity index (χ4n) is 1.37. The van der Waals surface area contributed by atoms with Crippen LogP contribution >= 0.6 is 0 Å². The average molecular weight is 216 g/mol. The van der Waals surface area contributed by atoms with Gasteiger partial charge >= 0.3 is 12.0 Å². The van der Waals surface area contributed by atoms with Crippen molar-refractivity contribution in [1.82, 2.24) is 10.6 Å². The highest BCUT2D eigenvalue weighted by Gasteiger charge is 2.36. The van der Waals surface area contributed by atoms with Gasteiger partial charge in [0.15, 0.2) is 6.10 Å². The molecule has 0 spiro atoms. The van der Waals surface area contributed by atoms with E-state index in [4.69, 9.17) is 10.2 Å². The molecule has 0 bridgehead atoms. The number of amides is 2. The van der Waals surface area contributed by atoms with Crippen molar-refractivity contribution in [2.24, 2.45) is 5.92 Å². The Hall–Kier alpha value is -1.30. The Morgan fingerprint density at radius 1 is 1.53 bits per heavy atom. The molecule has 6 heteroatoms. The maximum atomic E-state index is 11.2. The molecule has 1 aliphatic carbocycles. The summed E-state index contributed by atoms with van der Waals surface area (Å²) in [4.78, 5) is 21.4. The van der Waals surface area contributed by atoms with Crippen molar-refractivity contribution in [2.45, 2.75) is 31.9 Å². The first-order valence-corrected chi connectivity index (χ1v) is 4.99. The van der Waals surface area contributed by atoms with E-state index in [1.165, 1.54) is 0 Å². The number of carbonyl (C=O) groups is 2. The van der Waals surface area contributed by atoms with Crippen molar-refractivity contribution < 1.29 is 19.8 Å². The van der Waals surface area contributed by atoms with Gasteiger partial charge in [-0.05, 0) is 12.3 Å². The number of hydrogen-bond donors (Lipinski definition) is 4. The number of rotatable bonds is 5. The topological polar surface area (TPSA) is 98.7 Å². The summed E-state index contributed by atoms with van der Waals surface area (Å²) in [6.07, 6.45) is 0.464. The molecule has 4 N–H and O–H groups in total. The van der Waals surface area contributed by atoms with Gasteiger partial charge in [0.25, 0.3) is 0 Å². The number of nitrogens with one attached hydrogen (secondary N) is 2. The fraction of sp³-hybridized carbons (Fsp3) is 0.778. The van der Waals surface area contributed by atoms with E-state index in [0.29, 0.717) is 5.92 Å². The molecular formula is C9H16N2O4. The molecule has 0 aromatic rings. The first kappa shape index (κ1) is 11.8. The van der Waals surface area contributed by atoms with E-state index in [2.05, 4.69) is 17.6 Å². The van der Waals surface area contributed by atoms with Gasteiger partial charge in [0, 0.05) is 6.04 Å². The van der Waals surface area contributed by atoms with E-state index < -0.39 is 18.1 Å². The summed E-state index contributed by atoms with van der Waals surface area (Å²) in [5.74, 6) is -0.798. The molecule has 86 valence electrons. The number of urea groups is 1. The van der Waals surface area contributed by atoms with Gasteiger partial charge in [0.05, 0.1) is 6.54 Å². The summed E-state index contributed by atoms with van der Waals surface area (Å²) in [6, 6.07) is -0.215. The Balaban J connectivity index is 2.12. The predicted molar refractivity (Wildman–Crippen MR) is 52.4 cm³/mol. The van der Waals surface area contributed by atoms with E-state index in [1.54, 1.807) is 0 Å². The molecule has 0 aromatic carbocycles. The van der Waals surface area contributed by atoms with Crippen LogP contribution in [0, 0.1) is 5.92 Å². The normalized spacial score (nSPS) is 25.5. The van der Waals surface area contributed by atoms with Crippen LogP contribution in [-0.2, 0) is 4.79 Å². The zero-order valence-electron chi connectivity index (χ0n) is 8.56. The molecule has 0 aromatic heterocycles. The van der Waals surface area contributed by atoms with Crippen LogP contribution in [0.1, 0.15) is 19.8 Å². The summed E-state index contributed by atoms with van der Waals surface area (Å²) in [7, 11) is 0. The summed E-state index contributed by atoms with van der Waals surface area (Å²) in [5, 5.41) is 22.2. The van der Waals surface area contributed by atoms with Crippen molar-refractivity contribution >= 4 is 12.0 Å². The van der Waals surface area contributed by atoms with E-state index in [9.17, 15) is 9.59 Å². The second-order valence-corrected chi connectivity index (χ2v) is 3.72. The monoisotopic (exact) mass is 216 g/mol. The van der Waals surface area contributed by atoms with Crippen molar-refractivity contribution in [3.05, 3.63) is 0 Å². The number of aliphatic hydroxyl groups is 1. The first-order valence-electron chi connectivity index (χ1n) is 4.99. The van der Waals surface area contributed by atoms with Crippen LogP contribution in [0.5, 0.6) is 0 Å². The summed E-state index contributed by atoms with van der Waals surface area (Å²) < 4.78 is 0. The molecule has 2 unspecified atom stereocenters. The third kappa shape index (κ3) is 3.75. The Bertz CT molecular complexity index is 256. The van der Waals surface area contributed by atoms with Crippen LogP contribution in [0.2, 0.25) is 0 Å². The lowest BCUT2D eigenvalue weighted by Gasteiger charge is -2.08. The highest BCUT2D eigenvalue weighted by molar-refractivity contribution is 5.77. The van der Waals surface area contributed by atoms with Gasteiger partial charge in [-0.25, -0.2) is 9.59 Å². The molecule has 1 rings (SSSR count). The minimum atomic E-state index is -1.54. The minimum absolute atomic E-state index is 0.206. The molecule has 2 amide bonds. The molecule has 0 saturated heterocycles. The lowest BCUT2D eigenvalue weighted by atomic mass is 10.3. The number of carbonyl (C=O) groups excluding carboxylic acids is 1. The molecule has 1 saturated carbocycles. The van der Waals surface area contributed by atoms with Crippen LogP contribution in [0.25, 0.3) is 0 Å². The van der Waals surface area contributed by atoms with E-state index in [0.717, 1.165) is 12.8 Å². The fourth-order valence-corrected chi connectivity index (χ4v) is 1.37.